The van der Waals surface area contributed by atoms with E-state index in [1.54, 1.807) is 0 Å². The number of ketones is 1. The van der Waals surface area contributed by atoms with Gasteiger partial charge >= 0.3 is 0 Å². The summed E-state index contributed by atoms with van der Waals surface area (Å²) in [6.45, 7) is 1.45. The van der Waals surface area contributed by atoms with E-state index < -0.39 is 0 Å². The van der Waals surface area contributed by atoms with Gasteiger partial charge in [0.15, 0.2) is 5.78 Å². The van der Waals surface area contributed by atoms with Gasteiger partial charge in [-0.05, 0) is 30.7 Å². The minimum atomic E-state index is 0.101. The maximum atomic E-state index is 11.6. The molecule has 1 fully saturated rings. The normalized spacial score (nSPS) is 22.4. The molecule has 1 aliphatic rings. The molecule has 1 aliphatic heterocycles. The fraction of sp³-hybridized carbons (Fsp3) is 0.364. The first-order valence-corrected chi connectivity index (χ1v) is 5.55. The Bertz CT molecular complexity index is 334. The van der Waals surface area contributed by atoms with Gasteiger partial charge in [0.1, 0.15) is 0 Å². The summed E-state index contributed by atoms with van der Waals surface area (Å²) in [5.41, 5.74) is 1.14. The number of nitrogens with one attached hydrogen (secondary N) is 1. The van der Waals surface area contributed by atoms with Crippen LogP contribution in [0.3, 0.4) is 0 Å². The van der Waals surface area contributed by atoms with Crippen molar-refractivity contribution in [1.82, 2.24) is 5.32 Å². The van der Waals surface area contributed by atoms with Crippen LogP contribution in [0, 0.1) is 0 Å². The lowest BCUT2D eigenvalue weighted by Crippen LogP contribution is -2.35. The summed E-state index contributed by atoms with van der Waals surface area (Å²) >= 11 is 3.39. The molecule has 0 amide bonds. The Morgan fingerprint density at radius 1 is 1.29 bits per heavy atom. The first-order chi connectivity index (χ1) is 6.77. The van der Waals surface area contributed by atoms with Crippen LogP contribution < -0.4 is 5.32 Å². The third-order valence-electron chi connectivity index (χ3n) is 2.57. The lowest BCUT2D eigenvalue weighted by atomic mass is 9.89. The van der Waals surface area contributed by atoms with E-state index >= 15 is 0 Å². The molecule has 1 heterocycles. The molecule has 1 saturated heterocycles. The smallest absolute Gasteiger partial charge is 0.154 e. The molecule has 0 bridgehead atoms. The molecule has 0 spiro atoms. The maximum Gasteiger partial charge on any atom is 0.154 e. The van der Waals surface area contributed by atoms with Gasteiger partial charge in [-0.25, -0.2) is 0 Å². The molecule has 2 nitrogen and oxygen atoms in total. The molecule has 74 valence electrons. The topological polar surface area (TPSA) is 29.1 Å². The molecule has 1 N–H and O–H groups in total. The summed E-state index contributed by atoms with van der Waals surface area (Å²) < 4.78 is 1.06. The lowest BCUT2D eigenvalue weighted by Gasteiger charge is -2.21. The van der Waals surface area contributed by atoms with Crippen LogP contribution in [0.2, 0.25) is 0 Å². The molecule has 2 rings (SSSR count). The summed E-state index contributed by atoms with van der Waals surface area (Å²) in [6.07, 6.45) is 0.917. The van der Waals surface area contributed by atoms with Crippen LogP contribution in [0.1, 0.15) is 17.9 Å². The molecule has 0 aliphatic carbocycles. The Labute approximate surface area is 91.8 Å². The van der Waals surface area contributed by atoms with Gasteiger partial charge in [-0.15, -0.1) is 0 Å². The fourth-order valence-electron chi connectivity index (χ4n) is 1.79. The fourth-order valence-corrected chi connectivity index (χ4v) is 2.05. The van der Waals surface area contributed by atoms with Gasteiger partial charge in [0.05, 0.1) is 6.54 Å². The van der Waals surface area contributed by atoms with E-state index in [0.717, 1.165) is 23.0 Å². The van der Waals surface area contributed by atoms with Gasteiger partial charge < -0.3 is 5.32 Å². The van der Waals surface area contributed by atoms with Crippen molar-refractivity contribution in [2.45, 2.75) is 12.3 Å². The van der Waals surface area contributed by atoms with Crippen molar-refractivity contribution < 1.29 is 4.79 Å². The molecule has 1 unspecified atom stereocenters. The van der Waals surface area contributed by atoms with E-state index in [4.69, 9.17) is 0 Å². The number of carbonyl (C=O) groups is 1. The number of carbonyl (C=O) groups excluding carboxylic acids is 1. The lowest BCUT2D eigenvalue weighted by molar-refractivity contribution is -0.120. The van der Waals surface area contributed by atoms with Crippen LogP contribution in [0.4, 0.5) is 0 Å². The highest BCUT2D eigenvalue weighted by atomic mass is 79.9. The molecule has 1 atom stereocenters. The van der Waals surface area contributed by atoms with E-state index in [1.807, 2.05) is 24.3 Å². The Morgan fingerprint density at radius 2 is 2.00 bits per heavy atom. The number of hydrogen-bond acceptors (Lipinski definition) is 2. The van der Waals surface area contributed by atoms with Crippen molar-refractivity contribution in [1.29, 1.82) is 0 Å². The van der Waals surface area contributed by atoms with E-state index in [-0.39, 0.29) is 5.92 Å². The van der Waals surface area contributed by atoms with Gasteiger partial charge in [-0.2, -0.15) is 0 Å². The summed E-state index contributed by atoms with van der Waals surface area (Å²) in [6, 6.07) is 8.03. The summed E-state index contributed by atoms with van der Waals surface area (Å²) in [5, 5.41) is 3.09. The SMILES string of the molecule is O=C1CNCCC1c1ccc(Br)cc1. The molecule has 0 radical (unpaired) electrons. The standard InChI is InChI=1S/C11H12BrNO/c12-9-3-1-8(2-4-9)10-5-6-13-7-11(10)14/h1-4,10,13H,5-7H2. The van der Waals surface area contributed by atoms with Crippen LogP contribution in [0.25, 0.3) is 0 Å². The third-order valence-corrected chi connectivity index (χ3v) is 3.10. The highest BCUT2D eigenvalue weighted by Crippen LogP contribution is 2.23. The van der Waals surface area contributed by atoms with E-state index in [1.165, 1.54) is 0 Å². The Morgan fingerprint density at radius 3 is 2.64 bits per heavy atom. The molecule has 1 aromatic carbocycles. The van der Waals surface area contributed by atoms with Crippen LogP contribution in [0.15, 0.2) is 28.7 Å². The predicted octanol–water partition coefficient (Wildman–Crippen LogP) is 2.10. The summed E-state index contributed by atoms with van der Waals surface area (Å²) in [4.78, 5) is 11.6. The third kappa shape index (κ3) is 2.04. The molecule has 1 aromatic rings. The quantitative estimate of drug-likeness (QED) is 0.831. The van der Waals surface area contributed by atoms with Gasteiger partial charge in [0.2, 0.25) is 0 Å². The summed E-state index contributed by atoms with van der Waals surface area (Å²) in [7, 11) is 0. The second-order valence-corrected chi connectivity index (χ2v) is 4.45. The number of hydrogen-bond donors (Lipinski definition) is 1. The second-order valence-electron chi connectivity index (χ2n) is 3.54. The van der Waals surface area contributed by atoms with E-state index in [0.29, 0.717) is 12.3 Å². The van der Waals surface area contributed by atoms with Crippen LogP contribution in [-0.2, 0) is 4.79 Å². The zero-order valence-corrected chi connectivity index (χ0v) is 9.38. The van der Waals surface area contributed by atoms with Gasteiger partial charge in [-0.3, -0.25) is 4.79 Å². The largest absolute Gasteiger partial charge is 0.310 e. The number of benzene rings is 1. The highest BCUT2D eigenvalue weighted by molar-refractivity contribution is 9.10. The first kappa shape index (κ1) is 9.87. The molecular weight excluding hydrogens is 242 g/mol. The Kier molecular flexibility index (Phi) is 2.99. The van der Waals surface area contributed by atoms with E-state index in [2.05, 4.69) is 21.2 Å². The van der Waals surface area contributed by atoms with Crippen molar-refractivity contribution in [3.63, 3.8) is 0 Å². The molecule has 3 heteroatoms. The summed E-state index contributed by atoms with van der Waals surface area (Å²) in [5.74, 6) is 0.405. The monoisotopic (exact) mass is 253 g/mol. The van der Waals surface area contributed by atoms with Crippen LogP contribution in [0.5, 0.6) is 0 Å². The van der Waals surface area contributed by atoms with Gasteiger partial charge in [-0.1, -0.05) is 28.1 Å². The minimum absolute atomic E-state index is 0.101. The van der Waals surface area contributed by atoms with Crippen molar-refractivity contribution in [2.75, 3.05) is 13.1 Å². The molecule has 14 heavy (non-hydrogen) atoms. The van der Waals surface area contributed by atoms with E-state index in [9.17, 15) is 4.79 Å². The highest BCUT2D eigenvalue weighted by Gasteiger charge is 2.22. The maximum absolute atomic E-state index is 11.6. The zero-order valence-electron chi connectivity index (χ0n) is 7.79. The van der Waals surface area contributed by atoms with Crippen molar-refractivity contribution in [2.24, 2.45) is 0 Å². The van der Waals surface area contributed by atoms with Crippen LogP contribution >= 0.6 is 15.9 Å². The number of piperidine rings is 1. The van der Waals surface area contributed by atoms with Gasteiger partial charge in [0, 0.05) is 10.4 Å². The average Bonchev–Trinajstić information content (AvgIpc) is 2.20. The first-order valence-electron chi connectivity index (χ1n) is 4.76. The Hall–Kier alpha value is -0.670. The van der Waals surface area contributed by atoms with Crippen molar-refractivity contribution >= 4 is 21.7 Å². The predicted molar refractivity (Wildman–Crippen MR) is 59.4 cm³/mol. The number of halogens is 1. The zero-order chi connectivity index (χ0) is 9.97. The Balaban J connectivity index is 2.20. The number of rotatable bonds is 1. The van der Waals surface area contributed by atoms with Crippen LogP contribution in [-0.4, -0.2) is 18.9 Å². The molecular formula is C11H12BrNO. The average molecular weight is 254 g/mol. The van der Waals surface area contributed by atoms with Crippen molar-refractivity contribution in [3.05, 3.63) is 34.3 Å². The molecule has 0 aromatic heterocycles. The minimum Gasteiger partial charge on any atom is -0.310 e. The second kappa shape index (κ2) is 4.24. The number of Topliss-reactive ketones (excluding diaryl/α,β-unsaturated/α-hetero) is 1. The van der Waals surface area contributed by atoms with Gasteiger partial charge in [0.25, 0.3) is 0 Å². The molecule has 0 saturated carbocycles. The van der Waals surface area contributed by atoms with Crippen molar-refractivity contribution in [3.8, 4) is 0 Å².